The summed E-state index contributed by atoms with van der Waals surface area (Å²) < 4.78 is 34.1. The van der Waals surface area contributed by atoms with Crippen LogP contribution >= 0.6 is 0 Å². The molecule has 1 aliphatic rings. The van der Waals surface area contributed by atoms with Gasteiger partial charge in [0.2, 0.25) is 11.7 Å². The van der Waals surface area contributed by atoms with E-state index in [9.17, 15) is 28.8 Å². The number of ether oxygens (including phenoxy) is 6. The SMILES string of the molecule is COC(=O)C1=C[C@H](OC(=O)c2ccccn2)[C@@H](NC(C)=O)[C@@H]([C@@H](OC(=O)c2ccccc2)[C@@H](COC(=O)c2ccccn2)OC(=O)c2ccccc2)O1. The lowest BCUT2D eigenvalue weighted by atomic mass is 9.93. The van der Waals surface area contributed by atoms with E-state index in [1.807, 2.05) is 0 Å². The average molecular weight is 724 g/mol. The Morgan fingerprint density at radius 1 is 0.698 bits per heavy atom. The van der Waals surface area contributed by atoms with Gasteiger partial charge >= 0.3 is 29.8 Å². The number of nitrogens with one attached hydrogen (secondary N) is 1. The first-order chi connectivity index (χ1) is 25.6. The number of hydrogen-bond donors (Lipinski definition) is 1. The van der Waals surface area contributed by atoms with Crippen molar-refractivity contribution in [2.24, 2.45) is 0 Å². The second kappa shape index (κ2) is 17.8. The summed E-state index contributed by atoms with van der Waals surface area (Å²) in [6, 6.07) is 23.2. The van der Waals surface area contributed by atoms with Crippen LogP contribution < -0.4 is 5.32 Å². The molecule has 15 nitrogen and oxygen atoms in total. The minimum atomic E-state index is -1.78. The van der Waals surface area contributed by atoms with Gasteiger partial charge in [-0.15, -0.1) is 0 Å². The fourth-order valence-corrected chi connectivity index (χ4v) is 5.17. The lowest BCUT2D eigenvalue weighted by Gasteiger charge is -2.41. The van der Waals surface area contributed by atoms with Gasteiger partial charge in [0.15, 0.2) is 18.3 Å². The molecule has 3 heterocycles. The molecule has 272 valence electrons. The van der Waals surface area contributed by atoms with E-state index in [1.54, 1.807) is 60.7 Å². The maximum atomic E-state index is 13.7. The first kappa shape index (κ1) is 37.4. The number of benzene rings is 2. The Morgan fingerprint density at radius 2 is 1.25 bits per heavy atom. The normalized spacial score (nSPS) is 17.3. The molecule has 0 unspecified atom stereocenters. The van der Waals surface area contributed by atoms with Crippen LogP contribution in [0.15, 0.2) is 121 Å². The van der Waals surface area contributed by atoms with Crippen LogP contribution in [0.25, 0.3) is 0 Å². The molecule has 5 atom stereocenters. The molecule has 0 radical (unpaired) electrons. The molecule has 0 aliphatic carbocycles. The Kier molecular flexibility index (Phi) is 12.6. The third-order valence-corrected chi connectivity index (χ3v) is 7.62. The van der Waals surface area contributed by atoms with E-state index >= 15 is 0 Å². The predicted octanol–water partition coefficient (Wildman–Crippen LogP) is 3.27. The second-order valence-corrected chi connectivity index (χ2v) is 11.3. The standard InChI is InChI=1S/C38H33N3O12/c1-23(42)41-31-28(51-37(46)27-18-10-12-20-40-27)21-29(38(47)48-2)50-33(31)32(53-35(44)25-15-7-4-8-16-25)30(52-34(43)24-13-5-3-6-14-24)22-49-36(45)26-17-9-11-19-39-26/h3-21,28,30-33H,22H2,1-2H3,(H,41,42)/t28-,30+,31+,32-,33-/m0/s1. The summed E-state index contributed by atoms with van der Waals surface area (Å²) in [4.78, 5) is 87.3. The quantitative estimate of drug-likeness (QED) is 0.156. The Hall–Kier alpha value is -6.90. The molecule has 0 saturated carbocycles. The first-order valence-electron chi connectivity index (χ1n) is 16.1. The number of hydrogen-bond acceptors (Lipinski definition) is 14. The van der Waals surface area contributed by atoms with Crippen molar-refractivity contribution in [2.45, 2.75) is 37.4 Å². The molecule has 0 saturated heterocycles. The van der Waals surface area contributed by atoms with Crippen LogP contribution in [0.1, 0.15) is 48.6 Å². The summed E-state index contributed by atoms with van der Waals surface area (Å²) in [7, 11) is 1.07. The van der Waals surface area contributed by atoms with Gasteiger partial charge < -0.3 is 33.7 Å². The Labute approximate surface area is 302 Å². The number of carbonyl (C=O) groups excluding carboxylic acids is 6. The molecular formula is C38H33N3O12. The highest BCUT2D eigenvalue weighted by atomic mass is 16.6. The van der Waals surface area contributed by atoms with E-state index in [0.29, 0.717) is 0 Å². The molecule has 0 spiro atoms. The van der Waals surface area contributed by atoms with Crippen LogP contribution in [0.5, 0.6) is 0 Å². The van der Waals surface area contributed by atoms with E-state index in [1.165, 1.54) is 55.7 Å². The molecule has 15 heteroatoms. The number of amides is 1. The summed E-state index contributed by atoms with van der Waals surface area (Å²) in [6.45, 7) is 0.420. The van der Waals surface area contributed by atoms with E-state index < -0.39 is 78.6 Å². The van der Waals surface area contributed by atoms with Crippen molar-refractivity contribution in [3.63, 3.8) is 0 Å². The fourth-order valence-electron chi connectivity index (χ4n) is 5.17. The van der Waals surface area contributed by atoms with Crippen molar-refractivity contribution in [1.82, 2.24) is 15.3 Å². The Balaban J connectivity index is 1.61. The van der Waals surface area contributed by atoms with Gasteiger partial charge in [-0.2, -0.15) is 0 Å². The lowest BCUT2D eigenvalue weighted by Crippen LogP contribution is -2.62. The van der Waals surface area contributed by atoms with Gasteiger partial charge in [0.1, 0.15) is 30.1 Å². The van der Waals surface area contributed by atoms with Crippen LogP contribution in [0.4, 0.5) is 0 Å². The molecule has 1 N–H and O–H groups in total. The number of nitrogens with zero attached hydrogens (tertiary/aromatic N) is 2. The zero-order valence-electron chi connectivity index (χ0n) is 28.4. The van der Waals surface area contributed by atoms with E-state index in [0.717, 1.165) is 13.2 Å². The first-order valence-corrected chi connectivity index (χ1v) is 16.1. The minimum absolute atomic E-state index is 0.0601. The molecule has 2 aromatic carbocycles. The highest BCUT2D eigenvalue weighted by Crippen LogP contribution is 2.29. The van der Waals surface area contributed by atoms with Crippen molar-refractivity contribution in [3.8, 4) is 0 Å². The van der Waals surface area contributed by atoms with Crippen molar-refractivity contribution in [1.29, 1.82) is 0 Å². The number of aromatic nitrogens is 2. The Bertz CT molecular complexity index is 1940. The van der Waals surface area contributed by atoms with Crippen molar-refractivity contribution < 1.29 is 57.2 Å². The number of rotatable bonds is 13. The fraction of sp³-hybridized carbons (Fsp3) is 0.211. The zero-order chi connectivity index (χ0) is 37.7. The third kappa shape index (κ3) is 9.88. The number of carbonyl (C=O) groups is 6. The van der Waals surface area contributed by atoms with Crippen LogP contribution in [0.2, 0.25) is 0 Å². The van der Waals surface area contributed by atoms with E-state index in [2.05, 4.69) is 15.3 Å². The molecule has 0 fully saturated rings. The predicted molar refractivity (Wildman–Crippen MR) is 182 cm³/mol. The molecule has 5 rings (SSSR count). The maximum Gasteiger partial charge on any atom is 0.373 e. The van der Waals surface area contributed by atoms with Crippen LogP contribution in [-0.4, -0.2) is 89.9 Å². The largest absolute Gasteiger partial charge is 0.477 e. The van der Waals surface area contributed by atoms with Gasteiger partial charge in [0.05, 0.1) is 18.2 Å². The molecule has 4 aromatic rings. The number of esters is 5. The molecule has 2 aromatic heterocycles. The van der Waals surface area contributed by atoms with Gasteiger partial charge in [-0.3, -0.25) is 4.79 Å². The highest BCUT2D eigenvalue weighted by molar-refractivity contribution is 5.91. The number of methoxy groups -OCH3 is 1. The highest BCUT2D eigenvalue weighted by Gasteiger charge is 2.50. The molecule has 53 heavy (non-hydrogen) atoms. The molecule has 1 aliphatic heterocycles. The van der Waals surface area contributed by atoms with Gasteiger partial charge in [-0.25, -0.2) is 33.9 Å². The molecule has 1 amide bonds. The van der Waals surface area contributed by atoms with Crippen molar-refractivity contribution in [3.05, 3.63) is 144 Å². The van der Waals surface area contributed by atoms with Crippen LogP contribution in [0, 0.1) is 0 Å². The van der Waals surface area contributed by atoms with E-state index in [4.69, 9.17) is 28.4 Å². The van der Waals surface area contributed by atoms with Gasteiger partial charge in [0.25, 0.3) is 0 Å². The summed E-state index contributed by atoms with van der Waals surface area (Å²) in [5, 5.41) is 2.63. The van der Waals surface area contributed by atoms with E-state index in [-0.39, 0.29) is 22.5 Å². The summed E-state index contributed by atoms with van der Waals surface area (Å²) >= 11 is 0. The summed E-state index contributed by atoms with van der Waals surface area (Å²) in [6.07, 6.45) is -2.79. The molecular weight excluding hydrogens is 690 g/mol. The van der Waals surface area contributed by atoms with Gasteiger partial charge in [-0.1, -0.05) is 48.5 Å². The summed E-state index contributed by atoms with van der Waals surface area (Å²) in [5.41, 5.74) is -0.0407. The lowest BCUT2D eigenvalue weighted by molar-refractivity contribution is -0.153. The van der Waals surface area contributed by atoms with Gasteiger partial charge in [-0.05, 0) is 48.5 Å². The minimum Gasteiger partial charge on any atom is -0.477 e. The van der Waals surface area contributed by atoms with Crippen molar-refractivity contribution in [2.75, 3.05) is 13.7 Å². The third-order valence-electron chi connectivity index (χ3n) is 7.62. The monoisotopic (exact) mass is 723 g/mol. The molecule has 0 bridgehead atoms. The van der Waals surface area contributed by atoms with Crippen molar-refractivity contribution >= 4 is 35.8 Å². The second-order valence-electron chi connectivity index (χ2n) is 11.3. The average Bonchev–Trinajstić information content (AvgIpc) is 3.19. The van der Waals surface area contributed by atoms with Gasteiger partial charge in [0, 0.05) is 25.4 Å². The Morgan fingerprint density at radius 3 is 1.77 bits per heavy atom. The smallest absolute Gasteiger partial charge is 0.373 e. The topological polar surface area (TPSA) is 196 Å². The number of pyridine rings is 2. The van der Waals surface area contributed by atoms with Crippen LogP contribution in [0.3, 0.4) is 0 Å². The zero-order valence-corrected chi connectivity index (χ0v) is 28.4. The van der Waals surface area contributed by atoms with Crippen LogP contribution in [-0.2, 0) is 38.0 Å². The summed E-state index contributed by atoms with van der Waals surface area (Å²) in [5.74, 6) is -5.90. The maximum absolute atomic E-state index is 13.7.